The molecule has 0 aromatic heterocycles. The minimum atomic E-state index is 0.775. The molecule has 2 N–H and O–H groups in total. The van der Waals surface area contributed by atoms with E-state index in [1.54, 1.807) is 0 Å². The Morgan fingerprint density at radius 3 is 1.38 bits per heavy atom. The van der Waals surface area contributed by atoms with Gasteiger partial charge in [-0.1, -0.05) is 13.8 Å². The summed E-state index contributed by atoms with van der Waals surface area (Å²) in [5, 5.41) is 6.44. The van der Waals surface area contributed by atoms with Gasteiger partial charge >= 0.3 is 0 Å². The van der Waals surface area contributed by atoms with Crippen molar-refractivity contribution in [2.45, 2.75) is 46.6 Å². The number of likely N-dealkylation sites (tertiary alicyclic amines) is 1. The molecular formula is C13H31N3. The minimum absolute atomic E-state index is 0.775. The van der Waals surface area contributed by atoms with E-state index < -0.39 is 0 Å². The van der Waals surface area contributed by atoms with Gasteiger partial charge in [-0.05, 0) is 39.8 Å². The molecule has 16 heavy (non-hydrogen) atoms. The molecular weight excluding hydrogens is 198 g/mol. The van der Waals surface area contributed by atoms with E-state index in [9.17, 15) is 0 Å². The van der Waals surface area contributed by atoms with Crippen molar-refractivity contribution in [1.29, 1.82) is 0 Å². The van der Waals surface area contributed by atoms with Crippen LogP contribution >= 0.6 is 0 Å². The van der Waals surface area contributed by atoms with E-state index in [1.165, 1.54) is 25.9 Å². The highest BCUT2D eigenvalue weighted by Crippen LogP contribution is 2.09. The Bertz CT molecular complexity index is 116. The summed E-state index contributed by atoms with van der Waals surface area (Å²) in [6.45, 7) is 15.8. The molecule has 98 valence electrons. The molecule has 0 atom stereocenters. The van der Waals surface area contributed by atoms with Gasteiger partial charge < -0.3 is 15.5 Å². The molecule has 3 nitrogen and oxygen atoms in total. The van der Waals surface area contributed by atoms with Crippen molar-refractivity contribution in [3.8, 4) is 0 Å². The monoisotopic (exact) mass is 229 g/mol. The first-order valence-corrected chi connectivity index (χ1v) is 6.96. The van der Waals surface area contributed by atoms with Crippen molar-refractivity contribution in [2.24, 2.45) is 0 Å². The summed E-state index contributed by atoms with van der Waals surface area (Å²) >= 11 is 0. The van der Waals surface area contributed by atoms with E-state index in [0.29, 0.717) is 0 Å². The molecule has 0 unspecified atom stereocenters. The summed E-state index contributed by atoms with van der Waals surface area (Å²) in [6, 6.07) is 0.775. The molecule has 2 heterocycles. The van der Waals surface area contributed by atoms with Gasteiger partial charge in [-0.15, -0.1) is 0 Å². The van der Waals surface area contributed by atoms with Crippen molar-refractivity contribution in [2.75, 3.05) is 39.3 Å². The number of hydrogen-bond acceptors (Lipinski definition) is 3. The summed E-state index contributed by atoms with van der Waals surface area (Å²) in [5.41, 5.74) is 0. The third-order valence-corrected chi connectivity index (χ3v) is 2.83. The van der Waals surface area contributed by atoms with Crippen molar-refractivity contribution in [3.05, 3.63) is 0 Å². The Balaban J connectivity index is 0.000000251. The van der Waals surface area contributed by atoms with Gasteiger partial charge in [-0.2, -0.15) is 0 Å². The van der Waals surface area contributed by atoms with Gasteiger partial charge in [0.25, 0.3) is 0 Å². The van der Waals surface area contributed by atoms with Crippen molar-refractivity contribution in [1.82, 2.24) is 15.5 Å². The molecule has 0 spiro atoms. The fourth-order valence-corrected chi connectivity index (χ4v) is 1.86. The maximum atomic E-state index is 3.22. The molecule has 2 saturated heterocycles. The Kier molecular flexibility index (Phi) is 11.3. The lowest BCUT2D eigenvalue weighted by molar-refractivity contribution is 0.276. The predicted molar refractivity (Wildman–Crippen MR) is 73.0 cm³/mol. The second-order valence-corrected chi connectivity index (χ2v) is 4.34. The van der Waals surface area contributed by atoms with Gasteiger partial charge in [-0.3, -0.25) is 0 Å². The number of hydrogen-bond donors (Lipinski definition) is 2. The standard InChI is InChI=1S/C7H15N.C4H10N2.C2H6/c1-7(2)8-5-3-4-6-8;1-2-6-4-3-5-1;1-2/h7H,3-6H2,1-2H3;5-6H,1-4H2;1-2H3. The second-order valence-electron chi connectivity index (χ2n) is 4.34. The largest absolute Gasteiger partial charge is 0.314 e. The van der Waals surface area contributed by atoms with E-state index in [2.05, 4.69) is 29.4 Å². The van der Waals surface area contributed by atoms with Crippen LogP contribution in [0, 0.1) is 0 Å². The lowest BCUT2D eigenvalue weighted by atomic mass is 10.3. The third-order valence-electron chi connectivity index (χ3n) is 2.83. The first kappa shape index (κ1) is 15.9. The van der Waals surface area contributed by atoms with Crippen molar-refractivity contribution >= 4 is 0 Å². The third kappa shape index (κ3) is 8.08. The molecule has 2 aliphatic rings. The maximum absolute atomic E-state index is 3.22. The van der Waals surface area contributed by atoms with Crippen LogP contribution in [0.15, 0.2) is 0 Å². The van der Waals surface area contributed by atoms with Gasteiger partial charge in [0, 0.05) is 32.2 Å². The second kappa shape index (κ2) is 11.4. The van der Waals surface area contributed by atoms with E-state index in [4.69, 9.17) is 0 Å². The first-order chi connectivity index (χ1) is 7.80. The lowest BCUT2D eigenvalue weighted by Gasteiger charge is -2.18. The molecule has 0 aromatic carbocycles. The van der Waals surface area contributed by atoms with Crippen LogP contribution in [-0.2, 0) is 0 Å². The van der Waals surface area contributed by atoms with Gasteiger partial charge in [-0.25, -0.2) is 0 Å². The van der Waals surface area contributed by atoms with Crippen molar-refractivity contribution in [3.63, 3.8) is 0 Å². The minimum Gasteiger partial charge on any atom is -0.314 e. The van der Waals surface area contributed by atoms with Crippen LogP contribution in [0.25, 0.3) is 0 Å². The molecule has 0 bridgehead atoms. The van der Waals surface area contributed by atoms with Gasteiger partial charge in [0.2, 0.25) is 0 Å². The van der Waals surface area contributed by atoms with E-state index in [1.807, 2.05) is 13.8 Å². The van der Waals surface area contributed by atoms with Gasteiger partial charge in [0.15, 0.2) is 0 Å². The van der Waals surface area contributed by atoms with Gasteiger partial charge in [0.05, 0.1) is 0 Å². The Hall–Kier alpha value is -0.120. The fourth-order valence-electron chi connectivity index (χ4n) is 1.86. The topological polar surface area (TPSA) is 27.3 Å². The number of piperazine rings is 1. The first-order valence-electron chi connectivity index (χ1n) is 6.96. The molecule has 0 aromatic rings. The normalized spacial score (nSPS) is 20.8. The Labute approximate surface area is 102 Å². The summed E-state index contributed by atoms with van der Waals surface area (Å²) in [5.74, 6) is 0. The fraction of sp³-hybridized carbons (Fsp3) is 1.00. The van der Waals surface area contributed by atoms with Gasteiger partial charge in [0.1, 0.15) is 0 Å². The highest BCUT2D eigenvalue weighted by molar-refractivity contribution is 4.68. The van der Waals surface area contributed by atoms with Crippen LogP contribution in [0.3, 0.4) is 0 Å². The molecule has 2 fully saturated rings. The zero-order valence-corrected chi connectivity index (χ0v) is 11.7. The van der Waals surface area contributed by atoms with E-state index in [0.717, 1.165) is 32.2 Å². The molecule has 2 aliphatic heterocycles. The molecule has 2 rings (SSSR count). The van der Waals surface area contributed by atoms with Crippen molar-refractivity contribution < 1.29 is 0 Å². The van der Waals surface area contributed by atoms with Crippen LogP contribution < -0.4 is 10.6 Å². The van der Waals surface area contributed by atoms with Crippen LogP contribution in [-0.4, -0.2) is 50.2 Å². The molecule has 0 aliphatic carbocycles. The Morgan fingerprint density at radius 2 is 1.19 bits per heavy atom. The SMILES string of the molecule is C1CNCCN1.CC.CC(C)N1CCCC1. The molecule has 0 amide bonds. The van der Waals surface area contributed by atoms with Crippen LogP contribution in [0.2, 0.25) is 0 Å². The number of nitrogens with one attached hydrogen (secondary N) is 2. The molecule has 0 radical (unpaired) electrons. The highest BCUT2D eigenvalue weighted by atomic mass is 15.2. The summed E-state index contributed by atoms with van der Waals surface area (Å²) in [4.78, 5) is 2.53. The summed E-state index contributed by atoms with van der Waals surface area (Å²) in [7, 11) is 0. The van der Waals surface area contributed by atoms with Crippen LogP contribution in [0.5, 0.6) is 0 Å². The molecule has 3 heteroatoms. The zero-order chi connectivity index (χ0) is 12.2. The van der Waals surface area contributed by atoms with Crippen LogP contribution in [0.1, 0.15) is 40.5 Å². The lowest BCUT2D eigenvalue weighted by Crippen LogP contribution is -2.39. The summed E-state index contributed by atoms with van der Waals surface area (Å²) in [6.07, 6.45) is 2.83. The highest BCUT2D eigenvalue weighted by Gasteiger charge is 2.13. The van der Waals surface area contributed by atoms with E-state index in [-0.39, 0.29) is 0 Å². The van der Waals surface area contributed by atoms with Crippen LogP contribution in [0.4, 0.5) is 0 Å². The van der Waals surface area contributed by atoms with E-state index >= 15 is 0 Å². The number of rotatable bonds is 1. The number of nitrogens with zero attached hydrogens (tertiary/aromatic N) is 1. The molecule has 0 saturated carbocycles. The predicted octanol–water partition coefficient (Wildman–Crippen LogP) is 1.70. The zero-order valence-electron chi connectivity index (χ0n) is 11.7. The smallest absolute Gasteiger partial charge is 0.00772 e. The average Bonchev–Trinajstić information content (AvgIpc) is 2.88. The maximum Gasteiger partial charge on any atom is 0.00772 e. The average molecular weight is 229 g/mol. The Morgan fingerprint density at radius 1 is 0.812 bits per heavy atom. The quantitative estimate of drug-likeness (QED) is 0.716. The summed E-state index contributed by atoms with van der Waals surface area (Å²) < 4.78 is 0.